The molecule has 2 aliphatic heterocycles. The van der Waals surface area contributed by atoms with Gasteiger partial charge in [0.05, 0.1) is 19.4 Å². The minimum atomic E-state index is -0.333. The van der Waals surface area contributed by atoms with Crippen LogP contribution in [-0.4, -0.2) is 83.1 Å². The van der Waals surface area contributed by atoms with Crippen LogP contribution in [0.5, 0.6) is 0 Å². The van der Waals surface area contributed by atoms with E-state index in [1.807, 2.05) is 4.90 Å². The summed E-state index contributed by atoms with van der Waals surface area (Å²) in [5.41, 5.74) is -0.129. The van der Waals surface area contributed by atoms with Crippen LogP contribution in [-0.2, 0) is 9.53 Å². The summed E-state index contributed by atoms with van der Waals surface area (Å²) >= 11 is 0. The molecule has 1 aliphatic carbocycles. The van der Waals surface area contributed by atoms with E-state index in [9.17, 15) is 14.4 Å². The average molecular weight is 403 g/mol. The smallest absolute Gasteiger partial charge is 0.271 e. The molecule has 0 aromatic carbocycles. The van der Waals surface area contributed by atoms with E-state index < -0.39 is 0 Å². The molecule has 2 atom stereocenters. The Kier molecular flexibility index (Phi) is 6.25. The fourth-order valence-electron chi connectivity index (χ4n) is 4.26. The summed E-state index contributed by atoms with van der Waals surface area (Å²) in [4.78, 5) is 46.9. The van der Waals surface area contributed by atoms with Crippen molar-refractivity contribution in [1.29, 1.82) is 0 Å². The van der Waals surface area contributed by atoms with Crippen LogP contribution >= 0.6 is 0 Å². The van der Waals surface area contributed by atoms with Crippen LogP contribution in [0, 0.1) is 5.92 Å². The van der Waals surface area contributed by atoms with Gasteiger partial charge in [0.15, 0.2) is 0 Å². The van der Waals surface area contributed by atoms with Crippen molar-refractivity contribution in [2.24, 2.45) is 5.92 Å². The molecule has 0 spiro atoms. The predicted molar refractivity (Wildman–Crippen MR) is 105 cm³/mol. The maximum Gasteiger partial charge on any atom is 0.271 e. The van der Waals surface area contributed by atoms with Gasteiger partial charge in [0.1, 0.15) is 5.69 Å². The average Bonchev–Trinajstić information content (AvgIpc) is 3.49. The standard InChI is InChI=1S/C20H29N5O4/c26-18-12-21-17(11-22-18)20(28)23-10-16-4-3-15(25(16)13-14-1-2-14)9-19(27)24-5-7-29-8-6-24/h11-12,14-16H,1-10,13H2,(H,22,26)(H,23,28)/t15-,16+/m1/s1. The molecule has 3 aliphatic rings. The van der Waals surface area contributed by atoms with Crippen molar-refractivity contribution in [1.82, 2.24) is 25.1 Å². The molecule has 3 heterocycles. The van der Waals surface area contributed by atoms with E-state index in [0.717, 1.165) is 25.6 Å². The normalized spacial score (nSPS) is 25.2. The van der Waals surface area contributed by atoms with E-state index in [2.05, 4.69) is 20.2 Å². The first-order chi connectivity index (χ1) is 14.1. The number of nitrogens with zero attached hydrogens (tertiary/aromatic N) is 3. The number of nitrogens with one attached hydrogen (secondary N) is 2. The summed E-state index contributed by atoms with van der Waals surface area (Å²) in [5, 5.41) is 2.94. The van der Waals surface area contributed by atoms with Crippen LogP contribution in [0.3, 0.4) is 0 Å². The van der Waals surface area contributed by atoms with Crippen LogP contribution in [0.2, 0.25) is 0 Å². The van der Waals surface area contributed by atoms with Gasteiger partial charge in [-0.3, -0.25) is 19.3 Å². The Labute approximate surface area is 169 Å². The maximum atomic E-state index is 12.7. The predicted octanol–water partition coefficient (Wildman–Crippen LogP) is -0.00840. The number of morpholine rings is 1. The van der Waals surface area contributed by atoms with Gasteiger partial charge >= 0.3 is 0 Å². The molecule has 9 heteroatoms. The van der Waals surface area contributed by atoms with Crippen molar-refractivity contribution in [2.45, 2.75) is 44.2 Å². The van der Waals surface area contributed by atoms with Gasteiger partial charge in [0.25, 0.3) is 11.5 Å². The molecule has 4 rings (SSSR count). The number of likely N-dealkylation sites (tertiary alicyclic amines) is 1. The van der Waals surface area contributed by atoms with E-state index in [-0.39, 0.29) is 35.2 Å². The lowest BCUT2D eigenvalue weighted by atomic mass is 10.1. The van der Waals surface area contributed by atoms with Gasteiger partial charge < -0.3 is 19.9 Å². The molecular formula is C20H29N5O4. The van der Waals surface area contributed by atoms with Crippen LogP contribution in [0.25, 0.3) is 0 Å². The minimum absolute atomic E-state index is 0.204. The number of hydrogen-bond acceptors (Lipinski definition) is 6. The third kappa shape index (κ3) is 5.22. The molecule has 9 nitrogen and oxygen atoms in total. The van der Waals surface area contributed by atoms with Gasteiger partial charge in [0.2, 0.25) is 5.91 Å². The molecule has 1 aromatic heterocycles. The second-order valence-electron chi connectivity index (χ2n) is 8.23. The summed E-state index contributed by atoms with van der Waals surface area (Å²) in [6, 6.07) is 0.462. The van der Waals surface area contributed by atoms with Gasteiger partial charge in [-0.05, 0) is 31.6 Å². The fourth-order valence-corrected chi connectivity index (χ4v) is 4.26. The number of H-pyrrole nitrogens is 1. The molecule has 2 amide bonds. The van der Waals surface area contributed by atoms with Crippen molar-refractivity contribution in [2.75, 3.05) is 39.4 Å². The highest BCUT2D eigenvalue weighted by molar-refractivity contribution is 5.91. The number of rotatable bonds is 7. The monoisotopic (exact) mass is 403 g/mol. The Morgan fingerprint density at radius 2 is 1.93 bits per heavy atom. The maximum absolute atomic E-state index is 12.7. The third-order valence-corrected chi connectivity index (χ3v) is 6.11. The molecular weight excluding hydrogens is 374 g/mol. The van der Waals surface area contributed by atoms with Gasteiger partial charge in [-0.25, -0.2) is 4.98 Å². The second kappa shape index (κ2) is 9.04. The van der Waals surface area contributed by atoms with Gasteiger partial charge in [-0.1, -0.05) is 0 Å². The second-order valence-corrected chi connectivity index (χ2v) is 8.23. The lowest BCUT2D eigenvalue weighted by Crippen LogP contribution is -2.47. The van der Waals surface area contributed by atoms with E-state index in [1.165, 1.54) is 19.0 Å². The Hall–Kier alpha value is -2.26. The molecule has 3 fully saturated rings. The first kappa shape index (κ1) is 20.0. The number of carbonyl (C=O) groups is 2. The van der Waals surface area contributed by atoms with Crippen molar-refractivity contribution in [3.05, 3.63) is 28.4 Å². The molecule has 2 N–H and O–H groups in total. The van der Waals surface area contributed by atoms with Crippen molar-refractivity contribution < 1.29 is 14.3 Å². The summed E-state index contributed by atoms with van der Waals surface area (Å²) in [5.74, 6) is 0.634. The summed E-state index contributed by atoms with van der Waals surface area (Å²) in [6.45, 7) is 4.12. The summed E-state index contributed by atoms with van der Waals surface area (Å²) in [6.07, 6.45) is 7.42. The van der Waals surface area contributed by atoms with E-state index in [4.69, 9.17) is 4.74 Å². The van der Waals surface area contributed by atoms with Crippen molar-refractivity contribution in [3.8, 4) is 0 Å². The largest absolute Gasteiger partial charge is 0.378 e. The van der Waals surface area contributed by atoms with Crippen LogP contribution < -0.4 is 10.9 Å². The highest BCUT2D eigenvalue weighted by Gasteiger charge is 2.38. The highest BCUT2D eigenvalue weighted by atomic mass is 16.5. The van der Waals surface area contributed by atoms with Crippen LogP contribution in [0.4, 0.5) is 0 Å². The van der Waals surface area contributed by atoms with Crippen molar-refractivity contribution in [3.63, 3.8) is 0 Å². The zero-order valence-electron chi connectivity index (χ0n) is 16.6. The Bertz CT molecular complexity index is 767. The fraction of sp³-hybridized carbons (Fsp3) is 0.700. The quantitative estimate of drug-likeness (QED) is 0.663. The minimum Gasteiger partial charge on any atom is -0.378 e. The van der Waals surface area contributed by atoms with E-state index >= 15 is 0 Å². The van der Waals surface area contributed by atoms with Gasteiger partial charge in [-0.15, -0.1) is 0 Å². The Morgan fingerprint density at radius 1 is 1.17 bits per heavy atom. The number of hydrogen-bond donors (Lipinski definition) is 2. The molecule has 0 unspecified atom stereocenters. The van der Waals surface area contributed by atoms with Gasteiger partial charge in [0, 0.05) is 50.9 Å². The van der Waals surface area contributed by atoms with Gasteiger partial charge in [-0.2, -0.15) is 0 Å². The highest BCUT2D eigenvalue weighted by Crippen LogP contribution is 2.35. The molecule has 1 aromatic rings. The summed E-state index contributed by atoms with van der Waals surface area (Å²) < 4.78 is 5.35. The van der Waals surface area contributed by atoms with Crippen LogP contribution in [0.1, 0.15) is 42.6 Å². The first-order valence-corrected chi connectivity index (χ1v) is 10.5. The number of ether oxygens (including phenoxy) is 1. The number of carbonyl (C=O) groups excluding carboxylic acids is 2. The number of aromatic amines is 1. The van der Waals surface area contributed by atoms with E-state index in [0.29, 0.717) is 45.2 Å². The van der Waals surface area contributed by atoms with E-state index in [1.54, 1.807) is 0 Å². The molecule has 0 radical (unpaired) electrons. The Morgan fingerprint density at radius 3 is 2.62 bits per heavy atom. The van der Waals surface area contributed by atoms with Crippen LogP contribution in [0.15, 0.2) is 17.2 Å². The molecule has 158 valence electrons. The lowest BCUT2D eigenvalue weighted by molar-refractivity contribution is -0.136. The summed E-state index contributed by atoms with van der Waals surface area (Å²) in [7, 11) is 0. The molecule has 1 saturated carbocycles. The topological polar surface area (TPSA) is 108 Å². The van der Waals surface area contributed by atoms with Crippen molar-refractivity contribution >= 4 is 11.8 Å². The number of amides is 2. The number of aromatic nitrogens is 2. The molecule has 2 saturated heterocycles. The first-order valence-electron chi connectivity index (χ1n) is 10.5. The third-order valence-electron chi connectivity index (χ3n) is 6.11. The Balaban J connectivity index is 1.33. The zero-order chi connectivity index (χ0) is 20.2. The lowest BCUT2D eigenvalue weighted by Gasteiger charge is -2.33. The molecule has 29 heavy (non-hydrogen) atoms. The zero-order valence-corrected chi connectivity index (χ0v) is 16.6. The molecule has 0 bridgehead atoms. The SMILES string of the molecule is O=C(NC[C@@H]1CC[C@H](CC(=O)N2CCOCC2)N1CC1CC1)c1c[nH]c(=O)cn1.